The van der Waals surface area contributed by atoms with Crippen LogP contribution < -0.4 is 5.32 Å². The molecule has 4 rings (SSSR count). The van der Waals surface area contributed by atoms with Gasteiger partial charge < -0.3 is 10.2 Å². The molecule has 1 aliphatic heterocycles. The third kappa shape index (κ3) is 3.63. The Kier molecular flexibility index (Phi) is 4.09. The molecular formula is C19H21N5O. The zero-order valence-electron chi connectivity index (χ0n) is 14.1. The third-order valence-electron chi connectivity index (χ3n) is 4.55. The summed E-state index contributed by atoms with van der Waals surface area (Å²) in [6.45, 7) is 0. The highest BCUT2D eigenvalue weighted by molar-refractivity contribution is 5.91. The van der Waals surface area contributed by atoms with Crippen molar-refractivity contribution in [3.05, 3.63) is 59.4 Å². The number of nitrogens with one attached hydrogen (secondary N) is 2. The number of hydrogen-bond acceptors (Lipinski definition) is 4. The number of anilines is 1. The fraction of sp³-hybridized carbons (Fsp3) is 0.316. The first-order valence-corrected chi connectivity index (χ1v) is 8.55. The van der Waals surface area contributed by atoms with Crippen molar-refractivity contribution < 1.29 is 4.79 Å². The normalized spacial score (nSPS) is 19.2. The van der Waals surface area contributed by atoms with Crippen molar-refractivity contribution in [2.75, 3.05) is 12.4 Å². The molecule has 1 unspecified atom stereocenters. The first kappa shape index (κ1) is 15.6. The van der Waals surface area contributed by atoms with Gasteiger partial charge in [-0.1, -0.05) is 24.3 Å². The van der Waals surface area contributed by atoms with Gasteiger partial charge in [-0.3, -0.25) is 14.9 Å². The van der Waals surface area contributed by atoms with Crippen LogP contribution in [0.3, 0.4) is 0 Å². The zero-order chi connectivity index (χ0) is 17.2. The molecule has 2 aromatic rings. The molecule has 25 heavy (non-hydrogen) atoms. The van der Waals surface area contributed by atoms with Crippen molar-refractivity contribution in [2.24, 2.45) is 4.99 Å². The number of hydrogen-bond donors (Lipinski definition) is 2. The lowest BCUT2D eigenvalue weighted by atomic mass is 10.1. The summed E-state index contributed by atoms with van der Waals surface area (Å²) < 4.78 is 0. The Morgan fingerprint density at radius 1 is 1.32 bits per heavy atom. The first-order chi connectivity index (χ1) is 12.2. The number of H-pyrrole nitrogens is 1. The molecule has 1 amide bonds. The summed E-state index contributed by atoms with van der Waals surface area (Å²) in [6, 6.07) is 9.96. The molecule has 0 saturated heterocycles. The van der Waals surface area contributed by atoms with Crippen LogP contribution in [0, 0.1) is 0 Å². The van der Waals surface area contributed by atoms with Gasteiger partial charge in [0, 0.05) is 37.1 Å². The molecule has 1 aromatic carbocycles. The molecule has 1 aliphatic carbocycles. The van der Waals surface area contributed by atoms with E-state index in [1.54, 1.807) is 0 Å². The summed E-state index contributed by atoms with van der Waals surface area (Å²) in [5.74, 6) is 1.15. The second-order valence-electron chi connectivity index (χ2n) is 6.63. The van der Waals surface area contributed by atoms with Crippen LogP contribution in [-0.2, 0) is 11.2 Å². The minimum atomic E-state index is -0.0580. The Labute approximate surface area is 146 Å². The van der Waals surface area contributed by atoms with Crippen LogP contribution in [0.2, 0.25) is 0 Å². The molecule has 1 saturated carbocycles. The number of aromatic amines is 1. The fourth-order valence-electron chi connectivity index (χ4n) is 3.00. The van der Waals surface area contributed by atoms with E-state index >= 15 is 0 Å². The maximum atomic E-state index is 12.2. The Hall–Kier alpha value is -2.89. The van der Waals surface area contributed by atoms with Crippen LogP contribution in [0.5, 0.6) is 0 Å². The number of carbonyl (C=O) groups is 1. The predicted molar refractivity (Wildman–Crippen MR) is 97.5 cm³/mol. The van der Waals surface area contributed by atoms with Gasteiger partial charge in [-0.15, -0.1) is 0 Å². The molecule has 2 N–H and O–H groups in total. The summed E-state index contributed by atoms with van der Waals surface area (Å²) in [7, 11) is 2.00. The minimum Gasteiger partial charge on any atom is -0.355 e. The summed E-state index contributed by atoms with van der Waals surface area (Å²) in [6.07, 6.45) is 8.47. The SMILES string of the molecule is CN1C=CC=NC1c1ccc(CC(=O)Nc2cc(C3CC3)[nH]n2)cc1. The van der Waals surface area contributed by atoms with Crippen LogP contribution in [0.1, 0.15) is 41.7 Å². The molecule has 1 aromatic heterocycles. The topological polar surface area (TPSA) is 73.4 Å². The standard InChI is InChI=1S/C19H21N5O/c1-24-10-2-9-20-19(24)15-5-3-13(4-6-15)11-18(25)21-17-12-16(22-23-17)14-7-8-14/h2-6,9-10,12,14,19H,7-8,11H2,1H3,(H2,21,22,23,25). The second kappa shape index (κ2) is 6.55. The van der Waals surface area contributed by atoms with Crippen LogP contribution in [-0.4, -0.2) is 34.3 Å². The third-order valence-corrected chi connectivity index (χ3v) is 4.55. The number of nitrogens with zero attached hydrogens (tertiary/aromatic N) is 3. The first-order valence-electron chi connectivity index (χ1n) is 8.55. The van der Waals surface area contributed by atoms with Crippen molar-refractivity contribution in [3.8, 4) is 0 Å². The van der Waals surface area contributed by atoms with Gasteiger partial charge >= 0.3 is 0 Å². The number of benzene rings is 1. The van der Waals surface area contributed by atoms with Gasteiger partial charge in [0.25, 0.3) is 0 Å². The summed E-state index contributed by atoms with van der Waals surface area (Å²) in [4.78, 5) is 18.7. The molecule has 0 spiro atoms. The minimum absolute atomic E-state index is 0.00206. The molecule has 1 fully saturated rings. The van der Waals surface area contributed by atoms with Crippen LogP contribution in [0.25, 0.3) is 0 Å². The number of carbonyl (C=O) groups excluding carboxylic acids is 1. The van der Waals surface area contributed by atoms with Crippen molar-refractivity contribution >= 4 is 17.9 Å². The van der Waals surface area contributed by atoms with Crippen LogP contribution in [0.15, 0.2) is 47.6 Å². The molecule has 0 bridgehead atoms. The van der Waals surface area contributed by atoms with Crippen molar-refractivity contribution in [3.63, 3.8) is 0 Å². The van der Waals surface area contributed by atoms with E-state index in [-0.39, 0.29) is 12.1 Å². The van der Waals surface area contributed by atoms with Crippen LogP contribution >= 0.6 is 0 Å². The second-order valence-corrected chi connectivity index (χ2v) is 6.63. The Morgan fingerprint density at radius 3 is 2.84 bits per heavy atom. The van der Waals surface area contributed by atoms with Gasteiger partial charge in [0.15, 0.2) is 5.82 Å². The molecule has 1 atom stereocenters. The summed E-state index contributed by atoms with van der Waals surface area (Å²) >= 11 is 0. The van der Waals surface area contributed by atoms with E-state index < -0.39 is 0 Å². The number of aromatic nitrogens is 2. The van der Waals surface area contributed by atoms with Gasteiger partial charge in [0.05, 0.1) is 6.42 Å². The maximum Gasteiger partial charge on any atom is 0.229 e. The van der Waals surface area contributed by atoms with Gasteiger partial charge in [0.1, 0.15) is 6.17 Å². The Balaban J connectivity index is 1.36. The Morgan fingerprint density at radius 2 is 2.12 bits per heavy atom. The highest BCUT2D eigenvalue weighted by atomic mass is 16.1. The number of rotatable bonds is 5. The van der Waals surface area contributed by atoms with E-state index in [0.29, 0.717) is 18.2 Å². The maximum absolute atomic E-state index is 12.2. The molecule has 2 heterocycles. The molecule has 128 valence electrons. The van der Waals surface area contributed by atoms with E-state index in [2.05, 4.69) is 25.4 Å². The average molecular weight is 335 g/mol. The smallest absolute Gasteiger partial charge is 0.229 e. The van der Waals surface area contributed by atoms with E-state index in [1.807, 2.05) is 55.9 Å². The number of amides is 1. The van der Waals surface area contributed by atoms with E-state index in [4.69, 9.17) is 0 Å². The molecule has 6 nitrogen and oxygen atoms in total. The molecule has 2 aliphatic rings. The van der Waals surface area contributed by atoms with Crippen LogP contribution in [0.4, 0.5) is 5.82 Å². The average Bonchev–Trinajstić information content (AvgIpc) is 3.36. The highest BCUT2D eigenvalue weighted by Crippen LogP contribution is 2.39. The predicted octanol–water partition coefficient (Wildman–Crippen LogP) is 3.00. The summed E-state index contributed by atoms with van der Waals surface area (Å²) in [5, 5.41) is 10.0. The Bertz CT molecular complexity index is 817. The lowest BCUT2D eigenvalue weighted by Crippen LogP contribution is -2.19. The highest BCUT2D eigenvalue weighted by Gasteiger charge is 2.25. The van der Waals surface area contributed by atoms with Crippen molar-refractivity contribution in [1.29, 1.82) is 0 Å². The zero-order valence-corrected chi connectivity index (χ0v) is 14.1. The van der Waals surface area contributed by atoms with Crippen molar-refractivity contribution in [2.45, 2.75) is 31.3 Å². The fourth-order valence-corrected chi connectivity index (χ4v) is 3.00. The van der Waals surface area contributed by atoms with E-state index in [1.165, 1.54) is 12.8 Å². The lowest BCUT2D eigenvalue weighted by molar-refractivity contribution is -0.115. The lowest BCUT2D eigenvalue weighted by Gasteiger charge is -2.25. The monoisotopic (exact) mass is 335 g/mol. The number of allylic oxidation sites excluding steroid dienone is 1. The van der Waals surface area contributed by atoms with E-state index in [9.17, 15) is 4.79 Å². The quantitative estimate of drug-likeness (QED) is 0.882. The van der Waals surface area contributed by atoms with E-state index in [0.717, 1.165) is 16.8 Å². The number of aliphatic imine (C=N–C) groups is 1. The van der Waals surface area contributed by atoms with Gasteiger partial charge in [-0.2, -0.15) is 5.10 Å². The van der Waals surface area contributed by atoms with Crippen molar-refractivity contribution in [1.82, 2.24) is 15.1 Å². The molecular weight excluding hydrogens is 314 g/mol. The molecule has 6 heteroatoms. The van der Waals surface area contributed by atoms with Gasteiger partial charge in [0.2, 0.25) is 5.91 Å². The van der Waals surface area contributed by atoms with Gasteiger partial charge in [-0.25, -0.2) is 0 Å². The largest absolute Gasteiger partial charge is 0.355 e. The molecule has 0 radical (unpaired) electrons. The van der Waals surface area contributed by atoms with Gasteiger partial charge in [-0.05, 0) is 30.0 Å². The summed E-state index contributed by atoms with van der Waals surface area (Å²) in [5.41, 5.74) is 3.19.